The lowest BCUT2D eigenvalue weighted by Gasteiger charge is -2.26. The van der Waals surface area contributed by atoms with Crippen LogP contribution in [-0.2, 0) is 14.8 Å². The van der Waals surface area contributed by atoms with Gasteiger partial charge in [0.1, 0.15) is 6.54 Å². The van der Waals surface area contributed by atoms with Gasteiger partial charge >= 0.3 is 0 Å². The number of hydrogen-bond donors (Lipinski definition) is 1. The van der Waals surface area contributed by atoms with Gasteiger partial charge in [0.05, 0.1) is 4.90 Å². The number of sulfonamides is 1. The van der Waals surface area contributed by atoms with E-state index >= 15 is 0 Å². The van der Waals surface area contributed by atoms with Gasteiger partial charge < -0.3 is 10.2 Å². The van der Waals surface area contributed by atoms with E-state index < -0.39 is 10.0 Å². The zero-order valence-corrected chi connectivity index (χ0v) is 15.4. The molecule has 0 aromatic heterocycles. The molecule has 0 spiro atoms. The van der Waals surface area contributed by atoms with Crippen LogP contribution in [0.5, 0.6) is 0 Å². The van der Waals surface area contributed by atoms with Gasteiger partial charge in [-0.25, -0.2) is 8.42 Å². The van der Waals surface area contributed by atoms with E-state index in [4.69, 9.17) is 0 Å². The van der Waals surface area contributed by atoms with Crippen molar-refractivity contribution in [3.8, 4) is 0 Å². The number of nitrogens with zero attached hydrogens (tertiary/aromatic N) is 2. The van der Waals surface area contributed by atoms with Crippen molar-refractivity contribution in [2.75, 3.05) is 37.2 Å². The van der Waals surface area contributed by atoms with E-state index in [1.54, 1.807) is 18.2 Å². The van der Waals surface area contributed by atoms with Crippen LogP contribution in [-0.4, -0.2) is 60.7 Å². The Kier molecular flexibility index (Phi) is 5.65. The average molecular weight is 383 g/mol. The summed E-state index contributed by atoms with van der Waals surface area (Å²) in [6.07, 6.45) is 2.80. The van der Waals surface area contributed by atoms with Crippen molar-refractivity contribution in [1.82, 2.24) is 9.21 Å². The second kappa shape index (κ2) is 7.76. The van der Waals surface area contributed by atoms with Crippen LogP contribution in [0.25, 0.3) is 0 Å². The van der Waals surface area contributed by atoms with Gasteiger partial charge in [0, 0.05) is 31.1 Å². The summed E-state index contributed by atoms with van der Waals surface area (Å²) in [7, 11) is -3.54. The molecule has 0 saturated carbocycles. The van der Waals surface area contributed by atoms with Crippen LogP contribution >= 0.6 is 11.8 Å². The van der Waals surface area contributed by atoms with E-state index in [9.17, 15) is 18.0 Å². The van der Waals surface area contributed by atoms with E-state index in [2.05, 4.69) is 5.32 Å². The van der Waals surface area contributed by atoms with Crippen LogP contribution < -0.4 is 5.32 Å². The van der Waals surface area contributed by atoms with E-state index in [-0.39, 0.29) is 22.6 Å². The van der Waals surface area contributed by atoms with Crippen LogP contribution in [0.2, 0.25) is 0 Å². The molecule has 0 radical (unpaired) electrons. The maximum atomic E-state index is 12.7. The molecule has 2 amide bonds. The average Bonchev–Trinajstić information content (AvgIpc) is 3.00. The molecule has 0 unspecified atom stereocenters. The summed E-state index contributed by atoms with van der Waals surface area (Å²) >= 11 is 1.20. The monoisotopic (exact) mass is 383 g/mol. The highest BCUT2D eigenvalue weighted by Gasteiger charge is 2.26. The number of nitrogens with one attached hydrogen (secondary N) is 1. The Bertz CT molecular complexity index is 760. The van der Waals surface area contributed by atoms with Gasteiger partial charge in [0.2, 0.25) is 15.9 Å². The number of benzene rings is 1. The molecule has 3 rings (SSSR count). The van der Waals surface area contributed by atoms with Crippen LogP contribution in [0.3, 0.4) is 0 Å². The van der Waals surface area contributed by atoms with Gasteiger partial charge in [-0.2, -0.15) is 4.31 Å². The first-order valence-corrected chi connectivity index (χ1v) is 10.7. The van der Waals surface area contributed by atoms with Gasteiger partial charge in [-0.3, -0.25) is 9.59 Å². The first-order valence-electron chi connectivity index (χ1n) is 8.28. The molecule has 0 bridgehead atoms. The Balaban J connectivity index is 1.68. The third kappa shape index (κ3) is 4.34. The summed E-state index contributed by atoms with van der Waals surface area (Å²) in [5.41, 5.74) is 0.419. The van der Waals surface area contributed by atoms with Crippen LogP contribution in [0.4, 0.5) is 10.5 Å². The molecule has 2 saturated heterocycles. The van der Waals surface area contributed by atoms with E-state index in [0.717, 1.165) is 19.3 Å². The summed E-state index contributed by atoms with van der Waals surface area (Å²) in [4.78, 5) is 25.3. The van der Waals surface area contributed by atoms with Gasteiger partial charge in [-0.15, -0.1) is 0 Å². The fraction of sp³-hybridized carbons (Fsp3) is 0.500. The molecule has 2 aliphatic rings. The third-order valence-electron chi connectivity index (χ3n) is 4.25. The molecule has 2 heterocycles. The minimum Gasteiger partial charge on any atom is -0.325 e. The topological polar surface area (TPSA) is 86.8 Å². The first-order chi connectivity index (χ1) is 12.0. The van der Waals surface area contributed by atoms with Gasteiger partial charge in [0.15, 0.2) is 0 Å². The predicted octanol–water partition coefficient (Wildman–Crippen LogP) is 1.97. The number of rotatable bonds is 5. The normalized spacial score (nSPS) is 19.2. The fourth-order valence-electron chi connectivity index (χ4n) is 2.93. The predicted molar refractivity (Wildman–Crippen MR) is 97.1 cm³/mol. The van der Waals surface area contributed by atoms with Crippen molar-refractivity contribution >= 4 is 38.6 Å². The number of amides is 2. The number of thioether (sulfide) groups is 1. The molecule has 1 aromatic rings. The standard InChI is InChI=1S/C16H21N3O4S2/c20-15(12-18-9-10-24-16(18)21)17-13-5-4-6-14(11-13)25(22,23)19-7-2-1-3-8-19/h4-6,11H,1-3,7-10,12H2,(H,17,20). The lowest BCUT2D eigenvalue weighted by atomic mass is 10.2. The molecule has 0 atom stereocenters. The maximum absolute atomic E-state index is 12.7. The van der Waals surface area contributed by atoms with E-state index in [0.29, 0.717) is 31.1 Å². The highest BCUT2D eigenvalue weighted by atomic mass is 32.2. The zero-order valence-electron chi connectivity index (χ0n) is 13.8. The van der Waals surface area contributed by atoms with Crippen LogP contribution in [0.15, 0.2) is 29.2 Å². The van der Waals surface area contributed by atoms with Crippen molar-refractivity contribution in [2.45, 2.75) is 24.2 Å². The third-order valence-corrected chi connectivity index (χ3v) is 7.04. The summed E-state index contributed by atoms with van der Waals surface area (Å²) < 4.78 is 26.9. The summed E-state index contributed by atoms with van der Waals surface area (Å²) in [6, 6.07) is 6.28. The molecule has 2 fully saturated rings. The van der Waals surface area contributed by atoms with Crippen molar-refractivity contribution in [3.63, 3.8) is 0 Å². The van der Waals surface area contributed by atoms with Gasteiger partial charge in [-0.05, 0) is 31.0 Å². The Hall–Kier alpha value is -1.58. The van der Waals surface area contributed by atoms with Crippen LogP contribution in [0, 0.1) is 0 Å². The van der Waals surface area contributed by atoms with Crippen molar-refractivity contribution < 1.29 is 18.0 Å². The lowest BCUT2D eigenvalue weighted by molar-refractivity contribution is -0.116. The highest BCUT2D eigenvalue weighted by molar-refractivity contribution is 8.13. The summed E-state index contributed by atoms with van der Waals surface area (Å²) in [5, 5.41) is 2.58. The molecule has 2 aliphatic heterocycles. The summed E-state index contributed by atoms with van der Waals surface area (Å²) in [5.74, 6) is 0.360. The van der Waals surface area contributed by atoms with Crippen molar-refractivity contribution in [2.24, 2.45) is 0 Å². The molecular formula is C16H21N3O4S2. The lowest BCUT2D eigenvalue weighted by Crippen LogP contribution is -2.35. The number of hydrogen-bond acceptors (Lipinski definition) is 5. The first kappa shape index (κ1) is 18.2. The molecule has 1 N–H and O–H groups in total. The van der Waals surface area contributed by atoms with E-state index in [1.165, 1.54) is 27.0 Å². The van der Waals surface area contributed by atoms with E-state index in [1.807, 2.05) is 0 Å². The minimum atomic E-state index is -3.54. The zero-order chi connectivity index (χ0) is 17.9. The van der Waals surface area contributed by atoms with Gasteiger partial charge in [0.25, 0.3) is 5.24 Å². The molecule has 136 valence electrons. The van der Waals surface area contributed by atoms with Crippen LogP contribution in [0.1, 0.15) is 19.3 Å². The highest BCUT2D eigenvalue weighted by Crippen LogP contribution is 2.23. The molecule has 25 heavy (non-hydrogen) atoms. The fourth-order valence-corrected chi connectivity index (χ4v) is 5.32. The van der Waals surface area contributed by atoms with Gasteiger partial charge in [-0.1, -0.05) is 24.2 Å². The maximum Gasteiger partial charge on any atom is 0.282 e. The molecular weight excluding hydrogens is 362 g/mol. The Morgan fingerprint density at radius 2 is 1.92 bits per heavy atom. The Morgan fingerprint density at radius 1 is 1.16 bits per heavy atom. The second-order valence-electron chi connectivity index (χ2n) is 6.08. The number of carbonyl (C=O) groups is 2. The Labute approximate surface area is 151 Å². The molecule has 0 aliphatic carbocycles. The Morgan fingerprint density at radius 3 is 2.60 bits per heavy atom. The van der Waals surface area contributed by atoms with Crippen molar-refractivity contribution in [1.29, 1.82) is 0 Å². The largest absolute Gasteiger partial charge is 0.325 e. The number of piperidine rings is 1. The molecule has 9 heteroatoms. The number of carbonyl (C=O) groups excluding carboxylic acids is 2. The summed E-state index contributed by atoms with van der Waals surface area (Å²) in [6.45, 7) is 1.61. The molecule has 7 nitrogen and oxygen atoms in total. The second-order valence-corrected chi connectivity index (χ2v) is 9.06. The quantitative estimate of drug-likeness (QED) is 0.840. The number of anilines is 1. The molecule has 1 aromatic carbocycles. The smallest absolute Gasteiger partial charge is 0.282 e. The SMILES string of the molecule is O=C(CN1CCSC1=O)Nc1cccc(S(=O)(=O)N2CCCCC2)c1. The minimum absolute atomic E-state index is 0.0189. The van der Waals surface area contributed by atoms with Crippen molar-refractivity contribution in [3.05, 3.63) is 24.3 Å².